The number of amides is 1. The van der Waals surface area contributed by atoms with Crippen LogP contribution >= 0.6 is 15.9 Å². The molecule has 0 saturated heterocycles. The second kappa shape index (κ2) is 7.80. The summed E-state index contributed by atoms with van der Waals surface area (Å²) in [7, 11) is 0. The number of hydrogen-bond acceptors (Lipinski definition) is 3. The molecule has 4 N–H and O–H groups in total. The number of hydrogen-bond donors (Lipinski definition) is 3. The van der Waals surface area contributed by atoms with Crippen LogP contribution < -0.4 is 16.6 Å². The van der Waals surface area contributed by atoms with Gasteiger partial charge in [0.1, 0.15) is 0 Å². The third-order valence-corrected chi connectivity index (χ3v) is 5.95. The largest absolute Gasteiger partial charge is 0.348 e. The second-order valence-corrected chi connectivity index (χ2v) is 8.78. The molecule has 3 aromatic rings. The number of nitrogens with one attached hydrogen (secondary N) is 2. The number of carbonyl (C=O) groups is 1. The van der Waals surface area contributed by atoms with E-state index in [0.29, 0.717) is 11.1 Å². The fourth-order valence-corrected chi connectivity index (χ4v) is 4.11. The Morgan fingerprint density at radius 1 is 1.24 bits per heavy atom. The Morgan fingerprint density at radius 2 is 1.93 bits per heavy atom. The molecule has 0 radical (unpaired) electrons. The van der Waals surface area contributed by atoms with E-state index in [1.165, 1.54) is 0 Å². The van der Waals surface area contributed by atoms with Crippen molar-refractivity contribution in [1.82, 2.24) is 14.9 Å². The molecule has 0 aliphatic carbocycles. The first-order valence-corrected chi connectivity index (χ1v) is 10.4. The number of nitrogens with zero attached hydrogens (tertiary/aromatic N) is 1. The van der Waals surface area contributed by atoms with Crippen LogP contribution in [0.5, 0.6) is 0 Å². The molecule has 1 atom stereocenters. The molecule has 1 amide bonds. The molecule has 29 heavy (non-hydrogen) atoms. The summed E-state index contributed by atoms with van der Waals surface area (Å²) in [6, 6.07) is 5.69. The van der Waals surface area contributed by atoms with Crippen molar-refractivity contribution < 1.29 is 4.79 Å². The molecule has 3 rings (SSSR count). The van der Waals surface area contributed by atoms with Crippen molar-refractivity contribution in [3.05, 3.63) is 67.2 Å². The number of rotatable bonds is 5. The second-order valence-electron chi connectivity index (χ2n) is 7.87. The summed E-state index contributed by atoms with van der Waals surface area (Å²) in [5, 5.41) is 3.77. The molecule has 0 spiro atoms. The number of benzene rings is 1. The molecule has 7 heteroatoms. The van der Waals surface area contributed by atoms with E-state index in [1.54, 1.807) is 6.07 Å². The summed E-state index contributed by atoms with van der Waals surface area (Å²) in [6.07, 6.45) is 2.74. The number of pyridine rings is 1. The minimum atomic E-state index is -0.562. The minimum Gasteiger partial charge on any atom is -0.348 e. The summed E-state index contributed by atoms with van der Waals surface area (Å²) < 4.78 is 2.82. The summed E-state index contributed by atoms with van der Waals surface area (Å²) in [5.74, 6) is -0.230. The van der Waals surface area contributed by atoms with Gasteiger partial charge >= 0.3 is 0 Å². The maximum absolute atomic E-state index is 13.1. The van der Waals surface area contributed by atoms with Gasteiger partial charge in [0.2, 0.25) is 0 Å². The fourth-order valence-electron chi connectivity index (χ4n) is 3.66. The predicted octanol–water partition coefficient (Wildman–Crippen LogP) is 3.99. The van der Waals surface area contributed by atoms with E-state index in [0.717, 1.165) is 38.6 Å². The zero-order valence-electron chi connectivity index (χ0n) is 17.4. The van der Waals surface area contributed by atoms with Gasteiger partial charge in [-0.1, -0.05) is 22.9 Å². The van der Waals surface area contributed by atoms with Crippen LogP contribution in [0.2, 0.25) is 0 Å². The van der Waals surface area contributed by atoms with Gasteiger partial charge in [-0.25, -0.2) is 0 Å². The van der Waals surface area contributed by atoms with E-state index < -0.39 is 5.66 Å². The van der Waals surface area contributed by atoms with Crippen LogP contribution in [-0.2, 0) is 12.2 Å². The molecule has 6 nitrogen and oxygen atoms in total. The van der Waals surface area contributed by atoms with Crippen LogP contribution in [0, 0.1) is 20.8 Å². The van der Waals surface area contributed by atoms with E-state index in [2.05, 4.69) is 26.2 Å². The number of H-pyrrole nitrogens is 1. The van der Waals surface area contributed by atoms with Gasteiger partial charge in [-0.3, -0.25) is 9.59 Å². The van der Waals surface area contributed by atoms with Gasteiger partial charge in [-0.05, 0) is 63.4 Å². The van der Waals surface area contributed by atoms with E-state index in [4.69, 9.17) is 5.73 Å². The van der Waals surface area contributed by atoms with Gasteiger partial charge in [0, 0.05) is 33.9 Å². The number of nitrogens with two attached hydrogens (primary N) is 1. The lowest BCUT2D eigenvalue weighted by Gasteiger charge is -2.26. The number of aryl methyl sites for hydroxylation is 3. The molecular formula is C22H27BrN4O2. The molecule has 2 aromatic heterocycles. The van der Waals surface area contributed by atoms with Gasteiger partial charge in [-0.2, -0.15) is 0 Å². The number of aromatic nitrogens is 2. The quantitative estimate of drug-likeness (QED) is 0.539. The first-order chi connectivity index (χ1) is 13.5. The van der Waals surface area contributed by atoms with Crippen LogP contribution in [0.1, 0.15) is 53.0 Å². The third kappa shape index (κ3) is 4.02. The van der Waals surface area contributed by atoms with E-state index in [9.17, 15) is 9.59 Å². The molecule has 0 bridgehead atoms. The fraction of sp³-hybridized carbons (Fsp3) is 0.364. The summed E-state index contributed by atoms with van der Waals surface area (Å²) >= 11 is 3.52. The van der Waals surface area contributed by atoms with E-state index >= 15 is 0 Å². The van der Waals surface area contributed by atoms with Crippen LogP contribution in [0.25, 0.3) is 10.9 Å². The Morgan fingerprint density at radius 3 is 2.55 bits per heavy atom. The molecule has 0 unspecified atom stereocenters. The monoisotopic (exact) mass is 458 g/mol. The maximum atomic E-state index is 13.1. The predicted molar refractivity (Wildman–Crippen MR) is 120 cm³/mol. The van der Waals surface area contributed by atoms with Gasteiger partial charge in [0.25, 0.3) is 11.5 Å². The first-order valence-electron chi connectivity index (χ1n) is 9.63. The highest BCUT2D eigenvalue weighted by atomic mass is 79.9. The highest BCUT2D eigenvalue weighted by Gasteiger charge is 2.24. The minimum absolute atomic E-state index is 0.164. The van der Waals surface area contributed by atoms with Gasteiger partial charge < -0.3 is 20.6 Å². The maximum Gasteiger partial charge on any atom is 0.253 e. The Hall–Kier alpha value is -2.38. The molecule has 0 aliphatic heterocycles. The lowest BCUT2D eigenvalue weighted by atomic mass is 10.1. The van der Waals surface area contributed by atoms with Crippen LogP contribution in [0.4, 0.5) is 0 Å². The first kappa shape index (κ1) is 21.3. The SMILES string of the molecule is CC[C@@](C)(N)n1cc(C)c2c(C(=O)NCc3c(C)cc(C)[nH]c3=O)cc(Br)cc21. The lowest BCUT2D eigenvalue weighted by molar-refractivity contribution is 0.0952. The average Bonchev–Trinajstić information content (AvgIpc) is 2.97. The Labute approximate surface area is 178 Å². The van der Waals surface area contributed by atoms with Crippen LogP contribution in [0.15, 0.2) is 33.7 Å². The van der Waals surface area contributed by atoms with Crippen molar-refractivity contribution in [2.45, 2.75) is 53.2 Å². The summed E-state index contributed by atoms with van der Waals surface area (Å²) in [5.41, 5.74) is 10.4. The zero-order chi connectivity index (χ0) is 21.5. The molecule has 0 fully saturated rings. The van der Waals surface area contributed by atoms with Crippen LogP contribution in [-0.4, -0.2) is 15.5 Å². The van der Waals surface area contributed by atoms with Crippen molar-refractivity contribution in [2.24, 2.45) is 5.73 Å². The highest BCUT2D eigenvalue weighted by Crippen LogP contribution is 2.32. The van der Waals surface area contributed by atoms with Crippen LogP contribution in [0.3, 0.4) is 0 Å². The number of fused-ring (bicyclic) bond motifs is 1. The van der Waals surface area contributed by atoms with E-state index in [-0.39, 0.29) is 18.0 Å². The van der Waals surface area contributed by atoms with Gasteiger partial charge in [0.05, 0.1) is 16.7 Å². The molecular weight excluding hydrogens is 432 g/mol. The molecule has 2 heterocycles. The van der Waals surface area contributed by atoms with Gasteiger partial charge in [-0.15, -0.1) is 0 Å². The van der Waals surface area contributed by atoms with Gasteiger partial charge in [0.15, 0.2) is 0 Å². The number of aromatic amines is 1. The smallest absolute Gasteiger partial charge is 0.253 e. The lowest BCUT2D eigenvalue weighted by Crippen LogP contribution is -2.38. The van der Waals surface area contributed by atoms with E-state index in [1.807, 2.05) is 57.5 Å². The van der Waals surface area contributed by atoms with Crippen molar-refractivity contribution in [1.29, 1.82) is 0 Å². The molecule has 1 aromatic carbocycles. The number of carbonyl (C=O) groups excluding carboxylic acids is 1. The summed E-state index contributed by atoms with van der Waals surface area (Å²) in [4.78, 5) is 28.1. The molecule has 0 aliphatic rings. The van der Waals surface area contributed by atoms with Crippen molar-refractivity contribution in [3.8, 4) is 0 Å². The highest BCUT2D eigenvalue weighted by molar-refractivity contribution is 9.10. The third-order valence-electron chi connectivity index (χ3n) is 5.49. The number of halogens is 1. The standard InChI is InChI=1S/C22H27BrN4O2/c1-6-22(5,24)27-11-13(3)19-16(8-15(23)9-18(19)27)20(28)25-10-17-12(2)7-14(4)26-21(17)29/h7-9,11H,6,10,24H2,1-5H3,(H,25,28)(H,26,29)/t22-/m0/s1. The Kier molecular flexibility index (Phi) is 5.74. The van der Waals surface area contributed by atoms with Crippen molar-refractivity contribution >= 4 is 32.7 Å². The molecule has 154 valence electrons. The Balaban J connectivity index is 2.02. The Bertz CT molecular complexity index is 1160. The topological polar surface area (TPSA) is 92.9 Å². The zero-order valence-corrected chi connectivity index (χ0v) is 19.0. The normalized spacial score (nSPS) is 13.5. The molecule has 0 saturated carbocycles. The van der Waals surface area contributed by atoms with Crippen molar-refractivity contribution in [2.75, 3.05) is 0 Å². The van der Waals surface area contributed by atoms with Crippen molar-refractivity contribution in [3.63, 3.8) is 0 Å². The average molecular weight is 459 g/mol. The summed E-state index contributed by atoms with van der Waals surface area (Å²) in [6.45, 7) is 9.86.